The van der Waals surface area contributed by atoms with Crippen LogP contribution in [0.15, 0.2) is 59.5 Å². The lowest BCUT2D eigenvalue weighted by Crippen LogP contribution is -2.47. The van der Waals surface area contributed by atoms with Gasteiger partial charge in [0, 0.05) is 78.7 Å². The number of para-hydroxylation sites is 1. The molecule has 5 rings (SSSR count). The molecule has 0 spiro atoms. The zero-order valence-corrected chi connectivity index (χ0v) is 21.1. The molecular weight excluding hydrogens is 502 g/mol. The molecule has 1 radical (unpaired) electrons. The van der Waals surface area contributed by atoms with E-state index in [1.807, 2.05) is 12.1 Å². The Balaban J connectivity index is 1.51. The molecule has 10 heteroatoms. The van der Waals surface area contributed by atoms with Crippen LogP contribution in [0.1, 0.15) is 23.2 Å². The van der Waals surface area contributed by atoms with Crippen LogP contribution in [0.2, 0.25) is 0 Å². The molecule has 3 aromatic carbocycles. The zero-order chi connectivity index (χ0) is 26.2. The lowest BCUT2D eigenvalue weighted by atomic mass is 10.1. The molecule has 0 aliphatic carbocycles. The average molecular weight is 533 g/mol. The summed E-state index contributed by atoms with van der Waals surface area (Å²) in [5, 5.41) is 3.38. The number of anilines is 1. The van der Waals surface area contributed by atoms with Crippen molar-refractivity contribution in [3.63, 3.8) is 0 Å². The highest BCUT2D eigenvalue weighted by Crippen LogP contribution is 2.67. The first-order chi connectivity index (χ1) is 17.8. The lowest BCUT2D eigenvalue weighted by molar-refractivity contribution is 0.385. The van der Waals surface area contributed by atoms with Gasteiger partial charge in [-0.2, -0.15) is 0 Å². The molecule has 0 amide bonds. The Labute approximate surface area is 215 Å². The van der Waals surface area contributed by atoms with E-state index in [2.05, 4.69) is 26.7 Å². The second-order valence-corrected chi connectivity index (χ2v) is 12.7. The quantitative estimate of drug-likeness (QED) is 0.398. The summed E-state index contributed by atoms with van der Waals surface area (Å²) < 4.78 is 58.7. The molecule has 2 aliphatic rings. The fourth-order valence-corrected chi connectivity index (χ4v) is 9.65. The van der Waals surface area contributed by atoms with Crippen LogP contribution in [-0.2, 0) is 0 Å². The van der Waals surface area contributed by atoms with E-state index in [9.17, 15) is 17.6 Å². The van der Waals surface area contributed by atoms with Gasteiger partial charge < -0.3 is 21.7 Å². The van der Waals surface area contributed by atoms with Crippen LogP contribution >= 0.6 is 10.2 Å². The second kappa shape index (κ2) is 10.6. The average Bonchev–Trinajstić information content (AvgIpc) is 3.18. The number of fused-ring (bicyclic) bond motifs is 1. The van der Waals surface area contributed by atoms with Crippen molar-refractivity contribution in [1.82, 2.24) is 9.62 Å². The minimum Gasteiger partial charge on any atom is -0.359 e. The van der Waals surface area contributed by atoms with Gasteiger partial charge in [0.05, 0.1) is 17.6 Å². The Bertz CT molecular complexity index is 1270. The summed E-state index contributed by atoms with van der Waals surface area (Å²) >= 11 is 0. The highest BCUT2D eigenvalue weighted by molar-refractivity contribution is 8.32. The summed E-state index contributed by atoms with van der Waals surface area (Å²) in [5.74, 6) is -1.62. The minimum absolute atomic E-state index is 0.235. The molecule has 37 heavy (non-hydrogen) atoms. The third-order valence-electron chi connectivity index (χ3n) is 7.06. The fourth-order valence-electron chi connectivity index (χ4n) is 5.29. The molecule has 5 N–H and O–H groups in total. The Morgan fingerprint density at radius 3 is 2.14 bits per heavy atom. The van der Waals surface area contributed by atoms with Crippen molar-refractivity contribution >= 4 is 15.9 Å². The number of rotatable bonds is 7. The number of hydrogen-bond acceptors (Lipinski definition) is 5. The van der Waals surface area contributed by atoms with Crippen LogP contribution in [0.3, 0.4) is 0 Å². The van der Waals surface area contributed by atoms with Crippen molar-refractivity contribution in [1.29, 1.82) is 0 Å². The van der Waals surface area contributed by atoms with E-state index in [-0.39, 0.29) is 17.7 Å². The molecule has 3 unspecified atom stereocenters. The third-order valence-corrected chi connectivity index (χ3v) is 11.2. The molecule has 1 saturated heterocycles. The maximum absolute atomic E-state index is 14.7. The van der Waals surface area contributed by atoms with Crippen molar-refractivity contribution in [2.24, 2.45) is 11.5 Å². The Morgan fingerprint density at radius 1 is 0.892 bits per heavy atom. The summed E-state index contributed by atoms with van der Waals surface area (Å²) in [6.07, 6.45) is 0. The van der Waals surface area contributed by atoms with Gasteiger partial charge in [-0.1, -0.05) is 24.3 Å². The summed E-state index contributed by atoms with van der Waals surface area (Å²) in [6, 6.07) is 14.7. The standard InChI is InChI=1S/C27H30F4N5S/c28-18-5-7-20(22(30)13-18)24(32)15-35-17-37(36-11-9-34-10-12-36,27-4-2-1-3-26(27)35)16-25(33)21-8-6-19(29)14-23(21)31/h1-2,4-8,13-14,24-25,34H,9-12,15-17,32-33H2. The van der Waals surface area contributed by atoms with Gasteiger partial charge in [-0.05, 0) is 18.2 Å². The largest absolute Gasteiger partial charge is 0.359 e. The smallest absolute Gasteiger partial charge is 0.130 e. The predicted octanol–water partition coefficient (Wildman–Crippen LogP) is 4.20. The SMILES string of the molecule is NC(CN1CS(CC(N)c2ccc(F)cc2F)(N2CCNCC2)c2ccc[c]c21)c1ccc(F)cc1F. The first-order valence-electron chi connectivity index (χ1n) is 12.2. The first kappa shape index (κ1) is 26.0. The molecule has 2 heterocycles. The molecule has 0 aromatic heterocycles. The summed E-state index contributed by atoms with van der Waals surface area (Å²) in [7, 11) is -1.80. The van der Waals surface area contributed by atoms with E-state index in [1.165, 1.54) is 24.3 Å². The van der Waals surface area contributed by atoms with Crippen LogP contribution in [0, 0.1) is 29.3 Å². The van der Waals surface area contributed by atoms with E-state index in [0.29, 0.717) is 11.6 Å². The summed E-state index contributed by atoms with van der Waals surface area (Å²) in [4.78, 5) is 3.16. The van der Waals surface area contributed by atoms with Crippen LogP contribution in [0.4, 0.5) is 23.2 Å². The van der Waals surface area contributed by atoms with Crippen LogP contribution in [0.5, 0.6) is 0 Å². The van der Waals surface area contributed by atoms with Gasteiger partial charge >= 0.3 is 0 Å². The maximum atomic E-state index is 14.7. The molecule has 0 bridgehead atoms. The number of benzene rings is 3. The van der Waals surface area contributed by atoms with Gasteiger partial charge in [-0.3, -0.25) is 4.31 Å². The van der Waals surface area contributed by atoms with E-state index in [4.69, 9.17) is 11.5 Å². The number of nitrogens with one attached hydrogen (secondary N) is 1. The van der Waals surface area contributed by atoms with Crippen molar-refractivity contribution in [3.8, 4) is 0 Å². The summed E-state index contributed by atoms with van der Waals surface area (Å²) in [6.45, 7) is 3.47. The molecule has 3 atom stereocenters. The zero-order valence-electron chi connectivity index (χ0n) is 20.3. The fraction of sp³-hybridized carbons (Fsp3) is 0.333. The molecule has 2 aliphatic heterocycles. The minimum atomic E-state index is -1.80. The molecule has 197 valence electrons. The van der Waals surface area contributed by atoms with Crippen molar-refractivity contribution < 1.29 is 17.6 Å². The Kier molecular flexibility index (Phi) is 7.46. The predicted molar refractivity (Wildman–Crippen MR) is 139 cm³/mol. The number of piperazine rings is 1. The Morgan fingerprint density at radius 2 is 1.51 bits per heavy atom. The molecule has 1 fully saturated rings. The number of nitrogens with zero attached hydrogens (tertiary/aromatic N) is 2. The van der Waals surface area contributed by atoms with Gasteiger partial charge in [-0.25, -0.2) is 17.6 Å². The van der Waals surface area contributed by atoms with E-state index in [0.717, 1.165) is 48.9 Å². The monoisotopic (exact) mass is 532 g/mol. The van der Waals surface area contributed by atoms with Crippen molar-refractivity contribution in [2.45, 2.75) is 17.0 Å². The number of hydrogen-bond donors (Lipinski definition) is 3. The lowest BCUT2D eigenvalue weighted by Gasteiger charge is -2.49. The van der Waals surface area contributed by atoms with Gasteiger partial charge in [0.15, 0.2) is 0 Å². The number of nitrogens with two attached hydrogens (primary N) is 2. The molecule has 3 aromatic rings. The van der Waals surface area contributed by atoms with Crippen LogP contribution in [0.25, 0.3) is 0 Å². The maximum Gasteiger partial charge on any atom is 0.130 e. The van der Waals surface area contributed by atoms with Gasteiger partial charge in [0.25, 0.3) is 0 Å². The van der Waals surface area contributed by atoms with Gasteiger partial charge in [0.1, 0.15) is 23.3 Å². The Hall–Kier alpha value is -2.63. The van der Waals surface area contributed by atoms with Gasteiger partial charge in [0.2, 0.25) is 0 Å². The van der Waals surface area contributed by atoms with Crippen LogP contribution < -0.4 is 21.7 Å². The van der Waals surface area contributed by atoms with Gasteiger partial charge in [-0.15, -0.1) is 10.2 Å². The van der Waals surface area contributed by atoms with Crippen LogP contribution in [-0.4, -0.2) is 48.7 Å². The normalized spacial score (nSPS) is 23.4. The van der Waals surface area contributed by atoms with E-state index >= 15 is 0 Å². The highest BCUT2D eigenvalue weighted by Gasteiger charge is 2.44. The topological polar surface area (TPSA) is 70.5 Å². The molecule has 5 nitrogen and oxygen atoms in total. The molecular formula is C27H30F4N5S. The van der Waals surface area contributed by atoms with Crippen molar-refractivity contribution in [3.05, 3.63) is 95.1 Å². The van der Waals surface area contributed by atoms with E-state index < -0.39 is 45.6 Å². The first-order valence-corrected chi connectivity index (χ1v) is 14.1. The molecule has 0 saturated carbocycles. The second-order valence-electron chi connectivity index (χ2n) is 9.47. The third kappa shape index (κ3) is 5.08. The van der Waals surface area contributed by atoms with E-state index in [1.54, 1.807) is 0 Å². The highest BCUT2D eigenvalue weighted by atomic mass is 32.3. The number of halogens is 4. The van der Waals surface area contributed by atoms with Crippen molar-refractivity contribution in [2.75, 3.05) is 49.3 Å². The summed E-state index contributed by atoms with van der Waals surface area (Å²) in [5.41, 5.74) is 14.4.